The average molecular weight is 256 g/mol. The Bertz CT molecular complexity index is 305. The van der Waals surface area contributed by atoms with E-state index in [1.165, 1.54) is 0 Å². The molecule has 0 aromatic carbocycles. The number of hydrogen-bond donors (Lipinski definition) is 3. The number of hydrogen-bond acceptors (Lipinski definition) is 3. The highest BCUT2D eigenvalue weighted by atomic mass is 16.4. The SMILES string of the molecule is CC1CCNC(C(=O)NC(CC(=O)O)C(C)C)C1. The summed E-state index contributed by atoms with van der Waals surface area (Å²) >= 11 is 0. The van der Waals surface area contributed by atoms with Crippen LogP contribution in [0.15, 0.2) is 0 Å². The molecule has 1 amide bonds. The van der Waals surface area contributed by atoms with E-state index in [2.05, 4.69) is 17.6 Å². The average Bonchev–Trinajstić information content (AvgIpc) is 2.27. The molecule has 0 bridgehead atoms. The van der Waals surface area contributed by atoms with Gasteiger partial charge >= 0.3 is 5.97 Å². The summed E-state index contributed by atoms with van der Waals surface area (Å²) in [5.41, 5.74) is 0. The van der Waals surface area contributed by atoms with Crippen molar-refractivity contribution in [1.29, 1.82) is 0 Å². The Morgan fingerprint density at radius 1 is 1.44 bits per heavy atom. The summed E-state index contributed by atoms with van der Waals surface area (Å²) in [6.45, 7) is 6.83. The van der Waals surface area contributed by atoms with Crippen molar-refractivity contribution in [3.8, 4) is 0 Å². The van der Waals surface area contributed by atoms with Crippen molar-refractivity contribution in [3.05, 3.63) is 0 Å². The van der Waals surface area contributed by atoms with E-state index in [-0.39, 0.29) is 30.3 Å². The summed E-state index contributed by atoms with van der Waals surface area (Å²) in [5, 5.41) is 14.9. The predicted octanol–water partition coefficient (Wildman–Crippen LogP) is 0.990. The molecule has 18 heavy (non-hydrogen) atoms. The zero-order chi connectivity index (χ0) is 13.7. The second-order valence-corrected chi connectivity index (χ2v) is 5.59. The Morgan fingerprint density at radius 3 is 2.61 bits per heavy atom. The molecule has 1 aliphatic heterocycles. The van der Waals surface area contributed by atoms with Gasteiger partial charge in [0.1, 0.15) is 0 Å². The van der Waals surface area contributed by atoms with E-state index in [9.17, 15) is 9.59 Å². The lowest BCUT2D eigenvalue weighted by Crippen LogP contribution is -2.52. The number of aliphatic carboxylic acids is 1. The van der Waals surface area contributed by atoms with Gasteiger partial charge in [-0.15, -0.1) is 0 Å². The molecule has 0 radical (unpaired) electrons. The Labute approximate surface area is 108 Å². The van der Waals surface area contributed by atoms with Gasteiger partial charge in [-0.3, -0.25) is 9.59 Å². The molecule has 1 fully saturated rings. The van der Waals surface area contributed by atoms with Crippen LogP contribution < -0.4 is 10.6 Å². The Balaban J connectivity index is 2.52. The molecule has 0 saturated carbocycles. The zero-order valence-electron chi connectivity index (χ0n) is 11.4. The van der Waals surface area contributed by atoms with Gasteiger partial charge in [0.2, 0.25) is 5.91 Å². The van der Waals surface area contributed by atoms with Crippen LogP contribution in [-0.4, -0.2) is 35.6 Å². The third kappa shape index (κ3) is 4.64. The van der Waals surface area contributed by atoms with E-state index < -0.39 is 5.97 Å². The second-order valence-electron chi connectivity index (χ2n) is 5.59. The van der Waals surface area contributed by atoms with Crippen molar-refractivity contribution in [2.24, 2.45) is 11.8 Å². The third-order valence-corrected chi connectivity index (χ3v) is 3.51. The molecule has 3 unspecified atom stereocenters. The van der Waals surface area contributed by atoms with E-state index in [1.54, 1.807) is 0 Å². The van der Waals surface area contributed by atoms with Gasteiger partial charge in [0, 0.05) is 6.04 Å². The minimum absolute atomic E-state index is 0.0221. The minimum atomic E-state index is -0.876. The van der Waals surface area contributed by atoms with E-state index in [1.807, 2.05) is 13.8 Å². The predicted molar refractivity (Wildman–Crippen MR) is 69.2 cm³/mol. The molecule has 3 atom stereocenters. The maximum absolute atomic E-state index is 12.1. The number of carbonyl (C=O) groups excluding carboxylic acids is 1. The van der Waals surface area contributed by atoms with Gasteiger partial charge in [-0.05, 0) is 31.2 Å². The first-order chi connectivity index (χ1) is 8.40. The molecule has 1 aliphatic rings. The van der Waals surface area contributed by atoms with Crippen molar-refractivity contribution in [3.63, 3.8) is 0 Å². The summed E-state index contributed by atoms with van der Waals surface area (Å²) in [7, 11) is 0. The molecule has 0 aromatic rings. The van der Waals surface area contributed by atoms with Crippen molar-refractivity contribution in [2.75, 3.05) is 6.54 Å². The second kappa shape index (κ2) is 6.73. The molecule has 104 valence electrons. The maximum Gasteiger partial charge on any atom is 0.305 e. The van der Waals surface area contributed by atoms with Crippen LogP contribution in [0.2, 0.25) is 0 Å². The van der Waals surface area contributed by atoms with Crippen LogP contribution in [-0.2, 0) is 9.59 Å². The fourth-order valence-corrected chi connectivity index (χ4v) is 2.23. The quantitative estimate of drug-likeness (QED) is 0.685. The molecule has 0 aliphatic carbocycles. The number of carboxylic acids is 1. The van der Waals surface area contributed by atoms with Crippen LogP contribution >= 0.6 is 0 Å². The fourth-order valence-electron chi connectivity index (χ4n) is 2.23. The highest BCUT2D eigenvalue weighted by molar-refractivity contribution is 5.82. The van der Waals surface area contributed by atoms with Crippen molar-refractivity contribution in [1.82, 2.24) is 10.6 Å². The van der Waals surface area contributed by atoms with Crippen LogP contribution in [0.3, 0.4) is 0 Å². The number of carbonyl (C=O) groups is 2. The Morgan fingerprint density at radius 2 is 2.11 bits per heavy atom. The molecule has 1 heterocycles. The molecule has 0 aromatic heterocycles. The monoisotopic (exact) mass is 256 g/mol. The normalized spacial score (nSPS) is 25.8. The number of nitrogens with one attached hydrogen (secondary N) is 2. The van der Waals surface area contributed by atoms with Crippen LogP contribution in [0.4, 0.5) is 0 Å². The fraction of sp³-hybridized carbons (Fsp3) is 0.846. The molecule has 0 spiro atoms. The highest BCUT2D eigenvalue weighted by Crippen LogP contribution is 2.16. The smallest absolute Gasteiger partial charge is 0.305 e. The number of carboxylic acid groups (broad SMARTS) is 1. The first-order valence-corrected chi connectivity index (χ1v) is 6.65. The molecular weight excluding hydrogens is 232 g/mol. The molecule has 3 N–H and O–H groups in total. The first kappa shape index (κ1) is 15.0. The first-order valence-electron chi connectivity index (χ1n) is 6.65. The number of amides is 1. The van der Waals surface area contributed by atoms with Crippen LogP contribution in [0.25, 0.3) is 0 Å². The zero-order valence-corrected chi connectivity index (χ0v) is 11.4. The van der Waals surface area contributed by atoms with Gasteiger partial charge in [0.05, 0.1) is 12.5 Å². The van der Waals surface area contributed by atoms with Gasteiger partial charge in [-0.1, -0.05) is 20.8 Å². The lowest BCUT2D eigenvalue weighted by atomic mass is 9.93. The number of rotatable bonds is 5. The summed E-state index contributed by atoms with van der Waals surface area (Å²) in [6.07, 6.45) is 1.89. The minimum Gasteiger partial charge on any atom is -0.481 e. The summed E-state index contributed by atoms with van der Waals surface area (Å²) in [5.74, 6) is -0.287. The number of piperidine rings is 1. The summed E-state index contributed by atoms with van der Waals surface area (Å²) in [4.78, 5) is 22.8. The van der Waals surface area contributed by atoms with Gasteiger partial charge in [-0.2, -0.15) is 0 Å². The standard InChI is InChI=1S/C13H24N2O3/c1-8(2)10(7-12(16)17)15-13(18)11-6-9(3)4-5-14-11/h8-11,14H,4-7H2,1-3H3,(H,15,18)(H,16,17). The largest absolute Gasteiger partial charge is 0.481 e. The van der Waals surface area contributed by atoms with E-state index in [0.29, 0.717) is 5.92 Å². The van der Waals surface area contributed by atoms with E-state index >= 15 is 0 Å². The molecular formula is C13H24N2O3. The highest BCUT2D eigenvalue weighted by Gasteiger charge is 2.27. The molecule has 1 saturated heterocycles. The Kier molecular flexibility index (Phi) is 5.59. The summed E-state index contributed by atoms with van der Waals surface area (Å²) < 4.78 is 0. The molecule has 5 heteroatoms. The van der Waals surface area contributed by atoms with Crippen LogP contribution in [0, 0.1) is 11.8 Å². The van der Waals surface area contributed by atoms with Crippen molar-refractivity contribution < 1.29 is 14.7 Å². The van der Waals surface area contributed by atoms with Crippen molar-refractivity contribution in [2.45, 2.75) is 52.1 Å². The topological polar surface area (TPSA) is 78.4 Å². The Hall–Kier alpha value is -1.10. The lowest BCUT2D eigenvalue weighted by Gasteiger charge is -2.29. The molecule has 1 rings (SSSR count). The van der Waals surface area contributed by atoms with Gasteiger partial charge in [-0.25, -0.2) is 0 Å². The molecule has 5 nitrogen and oxygen atoms in total. The van der Waals surface area contributed by atoms with Crippen LogP contribution in [0.5, 0.6) is 0 Å². The van der Waals surface area contributed by atoms with E-state index in [0.717, 1.165) is 19.4 Å². The third-order valence-electron chi connectivity index (χ3n) is 3.51. The van der Waals surface area contributed by atoms with Crippen molar-refractivity contribution >= 4 is 11.9 Å². The van der Waals surface area contributed by atoms with Crippen LogP contribution in [0.1, 0.15) is 40.0 Å². The summed E-state index contributed by atoms with van der Waals surface area (Å²) in [6, 6.07) is -0.474. The lowest BCUT2D eigenvalue weighted by molar-refractivity contribution is -0.138. The van der Waals surface area contributed by atoms with Gasteiger partial charge in [0.25, 0.3) is 0 Å². The maximum atomic E-state index is 12.1. The van der Waals surface area contributed by atoms with E-state index in [4.69, 9.17) is 5.11 Å². The van der Waals surface area contributed by atoms with Gasteiger partial charge in [0.15, 0.2) is 0 Å². The van der Waals surface area contributed by atoms with Gasteiger partial charge < -0.3 is 15.7 Å².